The number of ether oxygens (including phenoxy) is 1. The molecule has 1 rings (SSSR count). The van der Waals surface area contributed by atoms with Gasteiger partial charge in [-0.15, -0.1) is 0 Å². The van der Waals surface area contributed by atoms with Gasteiger partial charge < -0.3 is 15.4 Å². The molecule has 0 amide bonds. The lowest BCUT2D eigenvalue weighted by Gasteiger charge is -2.24. The van der Waals surface area contributed by atoms with Crippen LogP contribution in [-0.4, -0.2) is 38.0 Å². The first kappa shape index (κ1) is 17.2. The molecule has 0 atom stereocenters. The molecule has 0 saturated heterocycles. The molecular formula is C16H24N2O3. The maximum atomic E-state index is 11.5. The SMILES string of the molecule is CCCN(CCC(=O)OCC)c1ccc(C(=O)CN)cc1. The zero-order valence-electron chi connectivity index (χ0n) is 12.8. The average Bonchev–Trinajstić information content (AvgIpc) is 2.51. The highest BCUT2D eigenvalue weighted by molar-refractivity contribution is 5.97. The van der Waals surface area contributed by atoms with E-state index in [2.05, 4.69) is 11.8 Å². The van der Waals surface area contributed by atoms with Gasteiger partial charge in [0.2, 0.25) is 0 Å². The van der Waals surface area contributed by atoms with E-state index in [9.17, 15) is 9.59 Å². The molecule has 0 radical (unpaired) electrons. The summed E-state index contributed by atoms with van der Waals surface area (Å²) >= 11 is 0. The van der Waals surface area contributed by atoms with Crippen LogP contribution in [-0.2, 0) is 9.53 Å². The Balaban J connectivity index is 2.71. The first-order valence-electron chi connectivity index (χ1n) is 7.36. The molecule has 0 aliphatic rings. The highest BCUT2D eigenvalue weighted by Gasteiger charge is 2.10. The molecule has 0 spiro atoms. The maximum Gasteiger partial charge on any atom is 0.307 e. The lowest BCUT2D eigenvalue weighted by atomic mass is 10.1. The topological polar surface area (TPSA) is 72.6 Å². The molecule has 1 aromatic carbocycles. The van der Waals surface area contributed by atoms with Crippen molar-refractivity contribution in [3.63, 3.8) is 0 Å². The summed E-state index contributed by atoms with van der Waals surface area (Å²) in [6.45, 7) is 5.77. The Bertz CT molecular complexity index is 457. The molecule has 0 aliphatic carbocycles. The van der Waals surface area contributed by atoms with E-state index < -0.39 is 0 Å². The number of esters is 1. The van der Waals surface area contributed by atoms with Gasteiger partial charge >= 0.3 is 5.97 Å². The van der Waals surface area contributed by atoms with E-state index in [1.807, 2.05) is 12.1 Å². The summed E-state index contributed by atoms with van der Waals surface area (Å²) in [5, 5.41) is 0. The van der Waals surface area contributed by atoms with Crippen LogP contribution in [0.2, 0.25) is 0 Å². The van der Waals surface area contributed by atoms with Crippen LogP contribution in [0.3, 0.4) is 0 Å². The molecule has 0 fully saturated rings. The quantitative estimate of drug-likeness (QED) is 0.556. The van der Waals surface area contributed by atoms with Gasteiger partial charge in [0.1, 0.15) is 0 Å². The Labute approximate surface area is 126 Å². The van der Waals surface area contributed by atoms with Crippen molar-refractivity contribution in [2.75, 3.05) is 31.1 Å². The summed E-state index contributed by atoms with van der Waals surface area (Å²) in [5.74, 6) is -0.261. The van der Waals surface area contributed by atoms with Crippen LogP contribution in [0.1, 0.15) is 37.0 Å². The molecule has 5 heteroatoms. The third kappa shape index (κ3) is 5.55. The lowest BCUT2D eigenvalue weighted by molar-refractivity contribution is -0.142. The first-order valence-corrected chi connectivity index (χ1v) is 7.36. The number of nitrogens with two attached hydrogens (primary N) is 1. The predicted octanol–water partition coefficient (Wildman–Crippen LogP) is 2.00. The van der Waals surface area contributed by atoms with Crippen molar-refractivity contribution >= 4 is 17.4 Å². The summed E-state index contributed by atoms with van der Waals surface area (Å²) in [6.07, 6.45) is 1.34. The number of benzene rings is 1. The Hall–Kier alpha value is -1.88. The van der Waals surface area contributed by atoms with Crippen molar-refractivity contribution in [3.05, 3.63) is 29.8 Å². The van der Waals surface area contributed by atoms with E-state index in [0.717, 1.165) is 18.7 Å². The second-order valence-electron chi connectivity index (χ2n) is 4.72. The minimum absolute atomic E-state index is 0.0148. The Kier molecular flexibility index (Phi) is 7.46. The molecule has 0 heterocycles. The largest absolute Gasteiger partial charge is 0.466 e. The minimum atomic E-state index is -0.187. The van der Waals surface area contributed by atoms with Crippen molar-refractivity contribution < 1.29 is 14.3 Å². The van der Waals surface area contributed by atoms with Gasteiger partial charge in [0, 0.05) is 24.3 Å². The fourth-order valence-corrected chi connectivity index (χ4v) is 2.08. The molecule has 0 bridgehead atoms. The molecule has 0 aromatic heterocycles. The average molecular weight is 292 g/mol. The molecule has 1 aromatic rings. The van der Waals surface area contributed by atoms with E-state index in [1.54, 1.807) is 19.1 Å². The number of carbonyl (C=O) groups is 2. The molecule has 116 valence electrons. The molecular weight excluding hydrogens is 268 g/mol. The summed E-state index contributed by atoms with van der Waals surface area (Å²) in [5.41, 5.74) is 6.96. The Morgan fingerprint density at radius 3 is 2.33 bits per heavy atom. The van der Waals surface area contributed by atoms with Crippen molar-refractivity contribution in [3.8, 4) is 0 Å². The van der Waals surface area contributed by atoms with Crippen molar-refractivity contribution in [2.24, 2.45) is 5.73 Å². The first-order chi connectivity index (χ1) is 10.1. The van der Waals surface area contributed by atoms with Gasteiger partial charge in [-0.05, 0) is 37.6 Å². The van der Waals surface area contributed by atoms with E-state index in [-0.39, 0.29) is 18.3 Å². The van der Waals surface area contributed by atoms with Crippen LogP contribution in [0.5, 0.6) is 0 Å². The third-order valence-electron chi connectivity index (χ3n) is 3.12. The van der Waals surface area contributed by atoms with Crippen molar-refractivity contribution in [1.82, 2.24) is 0 Å². The fraction of sp³-hybridized carbons (Fsp3) is 0.500. The van der Waals surface area contributed by atoms with Crippen LogP contribution < -0.4 is 10.6 Å². The maximum absolute atomic E-state index is 11.5. The van der Waals surface area contributed by atoms with E-state index >= 15 is 0 Å². The highest BCUT2D eigenvalue weighted by Crippen LogP contribution is 2.16. The lowest BCUT2D eigenvalue weighted by Crippen LogP contribution is -2.27. The Morgan fingerprint density at radius 2 is 1.81 bits per heavy atom. The summed E-state index contributed by atoms with van der Waals surface area (Å²) < 4.78 is 4.95. The van der Waals surface area contributed by atoms with Gasteiger partial charge in [0.15, 0.2) is 5.78 Å². The summed E-state index contributed by atoms with van der Waals surface area (Å²) in [6, 6.07) is 7.34. The number of ketones is 1. The van der Waals surface area contributed by atoms with Gasteiger partial charge in [-0.3, -0.25) is 9.59 Å². The monoisotopic (exact) mass is 292 g/mol. The van der Waals surface area contributed by atoms with Crippen molar-refractivity contribution in [2.45, 2.75) is 26.7 Å². The number of rotatable bonds is 9. The molecule has 0 saturated carbocycles. The third-order valence-corrected chi connectivity index (χ3v) is 3.12. The number of hydrogen-bond acceptors (Lipinski definition) is 5. The van der Waals surface area contributed by atoms with Gasteiger partial charge in [-0.2, -0.15) is 0 Å². The molecule has 0 unspecified atom stereocenters. The number of hydrogen-bond donors (Lipinski definition) is 1. The van der Waals surface area contributed by atoms with Crippen LogP contribution in [0.15, 0.2) is 24.3 Å². The van der Waals surface area contributed by atoms with Crippen LogP contribution in [0.4, 0.5) is 5.69 Å². The number of Topliss-reactive ketones (excluding diaryl/α,β-unsaturated/α-hetero) is 1. The van der Waals surface area contributed by atoms with Crippen LogP contribution in [0.25, 0.3) is 0 Å². The Morgan fingerprint density at radius 1 is 1.14 bits per heavy atom. The summed E-state index contributed by atoms with van der Waals surface area (Å²) in [7, 11) is 0. The zero-order valence-corrected chi connectivity index (χ0v) is 12.8. The van der Waals surface area contributed by atoms with E-state index in [0.29, 0.717) is 25.1 Å². The fourth-order valence-electron chi connectivity index (χ4n) is 2.08. The van der Waals surface area contributed by atoms with Crippen LogP contribution in [0, 0.1) is 0 Å². The normalized spacial score (nSPS) is 10.2. The predicted molar refractivity (Wildman–Crippen MR) is 83.6 cm³/mol. The second kappa shape index (κ2) is 9.13. The second-order valence-corrected chi connectivity index (χ2v) is 4.72. The number of carbonyl (C=O) groups excluding carboxylic acids is 2. The molecule has 5 nitrogen and oxygen atoms in total. The molecule has 21 heavy (non-hydrogen) atoms. The summed E-state index contributed by atoms with van der Waals surface area (Å²) in [4.78, 5) is 25.1. The smallest absolute Gasteiger partial charge is 0.307 e. The molecule has 2 N–H and O–H groups in total. The van der Waals surface area contributed by atoms with Crippen molar-refractivity contribution in [1.29, 1.82) is 0 Å². The van der Waals surface area contributed by atoms with Gasteiger partial charge in [0.05, 0.1) is 19.6 Å². The minimum Gasteiger partial charge on any atom is -0.466 e. The van der Waals surface area contributed by atoms with Gasteiger partial charge in [-0.25, -0.2) is 0 Å². The highest BCUT2D eigenvalue weighted by atomic mass is 16.5. The standard InChI is InChI=1S/C16H24N2O3/c1-3-10-18(11-9-16(20)21-4-2)14-7-5-13(6-8-14)15(19)12-17/h5-8H,3-4,9-12,17H2,1-2H3. The van der Waals surface area contributed by atoms with Crippen LogP contribution >= 0.6 is 0 Å². The van der Waals surface area contributed by atoms with E-state index in [4.69, 9.17) is 10.5 Å². The van der Waals surface area contributed by atoms with E-state index in [1.165, 1.54) is 0 Å². The number of nitrogens with zero attached hydrogens (tertiary/aromatic N) is 1. The zero-order chi connectivity index (χ0) is 15.7. The molecule has 0 aliphatic heterocycles. The van der Waals surface area contributed by atoms with Gasteiger partial charge in [-0.1, -0.05) is 6.92 Å². The number of anilines is 1. The van der Waals surface area contributed by atoms with Gasteiger partial charge in [0.25, 0.3) is 0 Å².